The van der Waals surface area contributed by atoms with Gasteiger partial charge >= 0.3 is 7.25 Å². The van der Waals surface area contributed by atoms with Crippen molar-refractivity contribution in [3.8, 4) is 0 Å². The van der Waals surface area contributed by atoms with Gasteiger partial charge in [0.1, 0.15) is 0 Å². The van der Waals surface area contributed by atoms with Crippen molar-refractivity contribution in [1.82, 2.24) is 0 Å². The summed E-state index contributed by atoms with van der Waals surface area (Å²) < 4.78 is 41.2. The zero-order valence-electron chi connectivity index (χ0n) is 13.6. The maximum Gasteiger partial charge on any atom is 0.673 e. The number of pyridine rings is 2. The molecule has 2 aromatic heterocycles. The van der Waals surface area contributed by atoms with Crippen LogP contribution in [0.2, 0.25) is 0 Å². The Labute approximate surface area is 138 Å². The van der Waals surface area contributed by atoms with Gasteiger partial charge in [0.05, 0.1) is 0 Å². The Bertz CT molecular complexity index is 810. The van der Waals surface area contributed by atoms with E-state index in [4.69, 9.17) is 0 Å². The summed E-state index contributed by atoms with van der Waals surface area (Å²) in [5.74, 6) is 0. The molecule has 0 unspecified atom stereocenters. The van der Waals surface area contributed by atoms with E-state index in [9.17, 15) is 17.3 Å². The fraction of sp³-hybridized carbons (Fsp3) is 0.235. The second kappa shape index (κ2) is 7.51. The molecule has 3 aromatic rings. The first-order chi connectivity index (χ1) is 11.3. The van der Waals surface area contributed by atoms with Crippen LogP contribution >= 0.6 is 0 Å². The lowest BCUT2D eigenvalue weighted by molar-refractivity contribution is -0.510. The fourth-order valence-electron chi connectivity index (χ4n) is 2.61. The Morgan fingerprint density at radius 2 is 1.58 bits per heavy atom. The monoisotopic (exact) mass is 338 g/mol. The predicted octanol–water partition coefficient (Wildman–Crippen LogP) is 4.72. The molecule has 0 saturated heterocycles. The van der Waals surface area contributed by atoms with Crippen LogP contribution in [-0.4, -0.2) is 20.3 Å². The number of halogens is 4. The van der Waals surface area contributed by atoms with Gasteiger partial charge in [-0.05, 0) is 43.5 Å². The molecule has 0 spiro atoms. The smallest absolute Gasteiger partial charge is 0.418 e. The molecule has 0 fully saturated rings. The van der Waals surface area contributed by atoms with Crippen molar-refractivity contribution in [1.29, 1.82) is 0 Å². The third kappa shape index (κ3) is 4.84. The summed E-state index contributed by atoms with van der Waals surface area (Å²) in [4.78, 5) is 2.38. The summed E-state index contributed by atoms with van der Waals surface area (Å²) in [6.07, 6.45) is 4.28. The minimum absolute atomic E-state index is 1.05. The number of hydrogen-bond donors (Lipinski definition) is 0. The molecule has 3 rings (SSSR count). The van der Waals surface area contributed by atoms with E-state index in [0.29, 0.717) is 0 Å². The summed E-state index contributed by atoms with van der Waals surface area (Å²) >= 11 is 0. The molecule has 0 atom stereocenters. The van der Waals surface area contributed by atoms with Crippen LogP contribution in [0.15, 0.2) is 54.9 Å². The highest BCUT2D eigenvalue weighted by Crippen LogP contribution is 2.22. The van der Waals surface area contributed by atoms with Crippen molar-refractivity contribution in [2.75, 3.05) is 18.0 Å². The Morgan fingerprint density at radius 1 is 0.917 bits per heavy atom. The maximum absolute atomic E-state index is 9.75. The standard InChI is InChI=1S/C17H19N2.BF4/c1-3-18(4-2)17-9-8-14-13-19-10-6-5-7-16(19)11-15(14)12-17;2-1(3,4)5/h5-13H,3-4H2,1-2H3;/q+1;-1. The zero-order valence-corrected chi connectivity index (χ0v) is 13.6. The second-order valence-corrected chi connectivity index (χ2v) is 5.29. The highest BCUT2D eigenvalue weighted by molar-refractivity contribution is 6.50. The highest BCUT2D eigenvalue weighted by Gasteiger charge is 2.20. The molecule has 0 aliphatic heterocycles. The molecule has 2 heterocycles. The molecule has 2 nitrogen and oxygen atoms in total. The molecule has 0 aliphatic carbocycles. The number of fused-ring (bicyclic) bond motifs is 2. The lowest BCUT2D eigenvalue weighted by Crippen LogP contribution is -2.22. The Balaban J connectivity index is 0.000000368. The number of hydrogen-bond acceptors (Lipinski definition) is 1. The fourth-order valence-corrected chi connectivity index (χ4v) is 2.61. The van der Waals surface area contributed by atoms with Crippen LogP contribution in [0, 0.1) is 0 Å². The van der Waals surface area contributed by atoms with Crippen LogP contribution in [-0.2, 0) is 0 Å². The van der Waals surface area contributed by atoms with Gasteiger partial charge in [0.15, 0.2) is 12.4 Å². The van der Waals surface area contributed by atoms with Gasteiger partial charge in [-0.2, -0.15) is 4.40 Å². The first-order valence-electron chi connectivity index (χ1n) is 7.78. The lowest BCUT2D eigenvalue weighted by Gasteiger charge is -2.21. The molecular weight excluding hydrogens is 319 g/mol. The molecule has 0 aliphatic rings. The van der Waals surface area contributed by atoms with Gasteiger partial charge in [-0.15, -0.1) is 0 Å². The molecular formula is C17H19BF4N2. The van der Waals surface area contributed by atoms with Crippen molar-refractivity contribution < 1.29 is 21.7 Å². The highest BCUT2D eigenvalue weighted by atomic mass is 19.5. The molecule has 7 heteroatoms. The number of benzene rings is 1. The van der Waals surface area contributed by atoms with Crippen LogP contribution in [0.5, 0.6) is 0 Å². The summed E-state index contributed by atoms with van der Waals surface area (Å²) in [5, 5.41) is 2.58. The van der Waals surface area contributed by atoms with Gasteiger partial charge in [0.2, 0.25) is 5.52 Å². The van der Waals surface area contributed by atoms with Crippen molar-refractivity contribution in [3.63, 3.8) is 0 Å². The SMILES string of the molecule is CCN(CC)c1ccc2c[n+]3ccccc3cc2c1.F[B-](F)(F)F. The van der Waals surface area contributed by atoms with E-state index in [1.807, 2.05) is 0 Å². The lowest BCUT2D eigenvalue weighted by atomic mass is 10.1. The molecule has 0 N–H and O–H groups in total. The van der Waals surface area contributed by atoms with Crippen molar-refractivity contribution in [3.05, 3.63) is 54.9 Å². The van der Waals surface area contributed by atoms with Gasteiger partial charge in [-0.25, -0.2) is 0 Å². The Hall–Kier alpha value is -2.31. The van der Waals surface area contributed by atoms with E-state index in [0.717, 1.165) is 13.1 Å². The van der Waals surface area contributed by atoms with Crippen molar-refractivity contribution >= 4 is 29.2 Å². The largest absolute Gasteiger partial charge is 0.673 e. The summed E-state index contributed by atoms with van der Waals surface area (Å²) in [6.45, 7) is 6.49. The Kier molecular flexibility index (Phi) is 5.64. The summed E-state index contributed by atoms with van der Waals surface area (Å²) in [5.41, 5.74) is 2.53. The van der Waals surface area contributed by atoms with Crippen molar-refractivity contribution in [2.45, 2.75) is 13.8 Å². The first-order valence-corrected chi connectivity index (χ1v) is 7.78. The zero-order chi connectivity index (χ0) is 17.7. The topological polar surface area (TPSA) is 7.34 Å². The van der Waals surface area contributed by atoms with Crippen LogP contribution in [0.1, 0.15) is 13.8 Å². The van der Waals surface area contributed by atoms with Crippen LogP contribution < -0.4 is 9.30 Å². The number of nitrogens with zero attached hydrogens (tertiary/aromatic N) is 2. The summed E-state index contributed by atoms with van der Waals surface area (Å²) in [7, 11) is -6.00. The predicted molar refractivity (Wildman–Crippen MR) is 90.9 cm³/mol. The van der Waals surface area contributed by atoms with Crippen LogP contribution in [0.3, 0.4) is 0 Å². The average Bonchev–Trinajstić information content (AvgIpc) is 2.52. The molecule has 0 saturated carbocycles. The van der Waals surface area contributed by atoms with Gasteiger partial charge < -0.3 is 22.2 Å². The van der Waals surface area contributed by atoms with E-state index in [1.54, 1.807) is 0 Å². The quantitative estimate of drug-likeness (QED) is 0.290. The second-order valence-electron chi connectivity index (χ2n) is 5.29. The minimum atomic E-state index is -6.00. The first kappa shape index (κ1) is 18.0. The third-order valence-electron chi connectivity index (χ3n) is 3.70. The van der Waals surface area contributed by atoms with Crippen molar-refractivity contribution in [2.24, 2.45) is 0 Å². The number of rotatable bonds is 3. The van der Waals surface area contributed by atoms with E-state index >= 15 is 0 Å². The van der Waals surface area contributed by atoms with Crippen LogP contribution in [0.4, 0.5) is 23.0 Å². The van der Waals surface area contributed by atoms with Gasteiger partial charge in [-0.3, -0.25) is 0 Å². The maximum atomic E-state index is 9.75. The van der Waals surface area contributed by atoms with Gasteiger partial charge in [0.25, 0.3) is 0 Å². The van der Waals surface area contributed by atoms with Gasteiger partial charge in [0, 0.05) is 42.4 Å². The Morgan fingerprint density at radius 3 is 2.21 bits per heavy atom. The molecule has 24 heavy (non-hydrogen) atoms. The van der Waals surface area contributed by atoms with E-state index < -0.39 is 7.25 Å². The average molecular weight is 338 g/mol. The molecule has 0 bridgehead atoms. The molecule has 0 amide bonds. The summed E-state index contributed by atoms with van der Waals surface area (Å²) in [6, 6.07) is 15.2. The normalized spacial score (nSPS) is 11.2. The van der Waals surface area contributed by atoms with E-state index in [1.165, 1.54) is 22.0 Å². The molecule has 1 aromatic carbocycles. The third-order valence-corrected chi connectivity index (χ3v) is 3.70. The number of anilines is 1. The minimum Gasteiger partial charge on any atom is -0.418 e. The van der Waals surface area contributed by atoms with E-state index in [-0.39, 0.29) is 0 Å². The molecule has 0 radical (unpaired) electrons. The number of aromatic nitrogens is 1. The van der Waals surface area contributed by atoms with Gasteiger partial charge in [-0.1, -0.05) is 0 Å². The van der Waals surface area contributed by atoms with Crippen LogP contribution in [0.25, 0.3) is 16.3 Å². The molecule has 128 valence electrons. The van der Waals surface area contributed by atoms with E-state index in [2.05, 4.69) is 78.0 Å².